The van der Waals surface area contributed by atoms with Gasteiger partial charge in [-0.1, -0.05) is 106 Å². The van der Waals surface area contributed by atoms with Gasteiger partial charge in [0.25, 0.3) is 0 Å². The summed E-state index contributed by atoms with van der Waals surface area (Å²) in [5.41, 5.74) is 12.3. The zero-order chi connectivity index (χ0) is 39.5. The predicted molar refractivity (Wildman–Crippen MR) is 237 cm³/mol. The summed E-state index contributed by atoms with van der Waals surface area (Å²) in [7, 11) is 0. The summed E-state index contributed by atoms with van der Waals surface area (Å²) < 4.78 is 9.01. The molecule has 56 heavy (non-hydrogen) atoms. The van der Waals surface area contributed by atoms with Crippen LogP contribution in [0.4, 0.5) is 22.7 Å². The van der Waals surface area contributed by atoms with E-state index in [1.807, 2.05) is 6.20 Å². The number of rotatable bonds is 8. The van der Waals surface area contributed by atoms with Crippen LogP contribution >= 0.6 is 0 Å². The fourth-order valence-electron chi connectivity index (χ4n) is 8.01. The third-order valence-electron chi connectivity index (χ3n) is 11.2. The van der Waals surface area contributed by atoms with Crippen molar-refractivity contribution >= 4 is 44.6 Å². The van der Waals surface area contributed by atoms with E-state index in [2.05, 4.69) is 199 Å². The monoisotopic (exact) mass is 740 g/mol. The number of pyridine rings is 1. The maximum Gasteiger partial charge on any atom is 0.137 e. The minimum absolute atomic E-state index is 0.0232. The lowest BCUT2D eigenvalue weighted by Gasteiger charge is -2.29. The standard InChI is InChI=1S/C51H56N4O/c1-33(2)24-35-22-23-52-49(25-35)55-45-17-12-11-16-43(45)44-20-19-42(31-47(44)55)56-41-15-13-14-39(30-41)53-32-54(48-26-36(34(3)4)18-21-46(48)53)40-28-37(50(5,6)7)27-38(29-40)51(8,9)10/h11-23,25-31,33-34H,24,32H2,1-10H3. The van der Waals surface area contributed by atoms with Crippen LogP contribution in [0.3, 0.4) is 0 Å². The van der Waals surface area contributed by atoms with Crippen LogP contribution in [0.2, 0.25) is 0 Å². The maximum absolute atomic E-state index is 6.73. The van der Waals surface area contributed by atoms with E-state index in [-0.39, 0.29) is 10.8 Å². The fraction of sp³-hybridized carbons (Fsp3) is 0.314. The summed E-state index contributed by atoms with van der Waals surface area (Å²) in [5.74, 6) is 3.50. The quantitative estimate of drug-likeness (QED) is 0.155. The van der Waals surface area contributed by atoms with Crippen molar-refractivity contribution in [3.05, 3.63) is 144 Å². The molecule has 0 saturated carbocycles. The van der Waals surface area contributed by atoms with Gasteiger partial charge in [0.05, 0.1) is 22.4 Å². The second kappa shape index (κ2) is 14.2. The Morgan fingerprint density at radius 2 is 1.30 bits per heavy atom. The van der Waals surface area contributed by atoms with E-state index in [0.717, 1.165) is 40.5 Å². The number of benzene rings is 5. The Labute approximate surface area is 333 Å². The minimum atomic E-state index is 0.0232. The molecule has 3 heterocycles. The van der Waals surface area contributed by atoms with Crippen LogP contribution in [-0.2, 0) is 17.3 Å². The van der Waals surface area contributed by atoms with Crippen molar-refractivity contribution in [3.8, 4) is 17.3 Å². The SMILES string of the molecule is CC(C)Cc1ccnc(-n2c3ccccc3c3ccc(Oc4cccc(N5CN(c6cc(C(C)(C)C)cc(C(C)(C)C)c6)c6cc(C(C)C)ccc65)c4)cc32)c1. The first-order valence-electron chi connectivity index (χ1n) is 20.3. The Balaban J connectivity index is 1.17. The molecule has 5 nitrogen and oxygen atoms in total. The van der Waals surface area contributed by atoms with E-state index in [4.69, 9.17) is 9.72 Å². The molecule has 1 aliphatic rings. The molecule has 7 aromatic rings. The molecule has 286 valence electrons. The fourth-order valence-corrected chi connectivity index (χ4v) is 8.01. The zero-order valence-electron chi connectivity index (χ0n) is 34.8. The van der Waals surface area contributed by atoms with Crippen molar-refractivity contribution in [2.45, 2.75) is 92.4 Å². The molecule has 5 aromatic carbocycles. The molecule has 5 heteroatoms. The zero-order valence-corrected chi connectivity index (χ0v) is 34.8. The highest BCUT2D eigenvalue weighted by Crippen LogP contribution is 2.47. The Morgan fingerprint density at radius 3 is 2.02 bits per heavy atom. The highest BCUT2D eigenvalue weighted by molar-refractivity contribution is 6.09. The van der Waals surface area contributed by atoms with Crippen molar-refractivity contribution in [1.29, 1.82) is 0 Å². The van der Waals surface area contributed by atoms with Crippen LogP contribution in [0.15, 0.2) is 121 Å². The van der Waals surface area contributed by atoms with Crippen molar-refractivity contribution in [2.75, 3.05) is 16.5 Å². The Hall–Kier alpha value is -5.55. The average Bonchev–Trinajstić information content (AvgIpc) is 3.69. The molecule has 0 N–H and O–H groups in total. The molecule has 0 unspecified atom stereocenters. The molecule has 0 atom stereocenters. The lowest BCUT2D eigenvalue weighted by atomic mass is 9.80. The van der Waals surface area contributed by atoms with E-state index in [1.165, 1.54) is 50.1 Å². The van der Waals surface area contributed by atoms with Crippen LogP contribution in [0, 0.1) is 5.92 Å². The summed E-state index contributed by atoms with van der Waals surface area (Å²) in [6.07, 6.45) is 2.95. The molecule has 0 radical (unpaired) electrons. The molecule has 0 aliphatic carbocycles. The Kier molecular flexibility index (Phi) is 9.47. The van der Waals surface area contributed by atoms with E-state index in [1.54, 1.807) is 0 Å². The van der Waals surface area contributed by atoms with Crippen LogP contribution < -0.4 is 14.5 Å². The third kappa shape index (κ3) is 7.16. The summed E-state index contributed by atoms with van der Waals surface area (Å²) in [6.45, 7) is 23.6. The lowest BCUT2D eigenvalue weighted by molar-refractivity contribution is 0.483. The number of fused-ring (bicyclic) bond motifs is 4. The molecule has 0 bridgehead atoms. The predicted octanol–water partition coefficient (Wildman–Crippen LogP) is 14.1. The van der Waals surface area contributed by atoms with Gasteiger partial charge < -0.3 is 14.5 Å². The van der Waals surface area contributed by atoms with Gasteiger partial charge >= 0.3 is 0 Å². The minimum Gasteiger partial charge on any atom is -0.457 e. The van der Waals surface area contributed by atoms with Crippen molar-refractivity contribution in [1.82, 2.24) is 9.55 Å². The average molecular weight is 741 g/mol. The summed E-state index contributed by atoms with van der Waals surface area (Å²) in [5, 5.41) is 2.38. The number of nitrogens with zero attached hydrogens (tertiary/aromatic N) is 4. The van der Waals surface area contributed by atoms with Gasteiger partial charge in [0, 0.05) is 40.5 Å². The van der Waals surface area contributed by atoms with Crippen LogP contribution in [0.1, 0.15) is 97.4 Å². The molecular weight excluding hydrogens is 685 g/mol. The number of ether oxygens (including phenoxy) is 1. The summed E-state index contributed by atoms with van der Waals surface area (Å²) >= 11 is 0. The van der Waals surface area contributed by atoms with E-state index in [0.29, 0.717) is 18.5 Å². The highest BCUT2D eigenvalue weighted by Gasteiger charge is 2.31. The van der Waals surface area contributed by atoms with Gasteiger partial charge in [0.2, 0.25) is 0 Å². The van der Waals surface area contributed by atoms with Gasteiger partial charge in [0.1, 0.15) is 24.0 Å². The molecule has 8 rings (SSSR count). The topological polar surface area (TPSA) is 33.5 Å². The summed E-state index contributed by atoms with van der Waals surface area (Å²) in [6, 6.07) is 42.1. The van der Waals surface area contributed by atoms with Gasteiger partial charge in [-0.2, -0.15) is 0 Å². The highest BCUT2D eigenvalue weighted by atomic mass is 16.5. The van der Waals surface area contributed by atoms with Gasteiger partial charge in [-0.25, -0.2) is 4.98 Å². The Morgan fingerprint density at radius 1 is 0.607 bits per heavy atom. The number of anilines is 4. The van der Waals surface area contributed by atoms with E-state index >= 15 is 0 Å². The van der Waals surface area contributed by atoms with Crippen molar-refractivity contribution in [2.24, 2.45) is 5.92 Å². The van der Waals surface area contributed by atoms with Crippen LogP contribution in [0.5, 0.6) is 11.5 Å². The first kappa shape index (κ1) is 37.4. The number of hydrogen-bond acceptors (Lipinski definition) is 4. The van der Waals surface area contributed by atoms with Gasteiger partial charge in [-0.05, 0) is 118 Å². The third-order valence-corrected chi connectivity index (χ3v) is 11.2. The van der Waals surface area contributed by atoms with Gasteiger partial charge in [-0.3, -0.25) is 4.57 Å². The first-order chi connectivity index (χ1) is 26.6. The van der Waals surface area contributed by atoms with E-state index in [9.17, 15) is 0 Å². The molecular formula is C51H56N4O. The maximum atomic E-state index is 6.73. The molecule has 0 fully saturated rings. The molecule has 0 spiro atoms. The van der Waals surface area contributed by atoms with Crippen molar-refractivity contribution < 1.29 is 4.74 Å². The molecule has 0 amide bonds. The first-order valence-corrected chi connectivity index (χ1v) is 20.3. The van der Waals surface area contributed by atoms with Crippen molar-refractivity contribution in [3.63, 3.8) is 0 Å². The van der Waals surface area contributed by atoms with E-state index < -0.39 is 0 Å². The summed E-state index contributed by atoms with van der Waals surface area (Å²) in [4.78, 5) is 9.78. The number of aromatic nitrogens is 2. The Bertz CT molecular complexity index is 2530. The molecule has 0 saturated heterocycles. The number of hydrogen-bond donors (Lipinski definition) is 0. The smallest absolute Gasteiger partial charge is 0.137 e. The lowest BCUT2D eigenvalue weighted by Crippen LogP contribution is -2.25. The normalized spacial score (nSPS) is 13.4. The van der Waals surface area contributed by atoms with Gasteiger partial charge in [-0.15, -0.1) is 0 Å². The van der Waals surface area contributed by atoms with Gasteiger partial charge in [0.15, 0.2) is 0 Å². The molecule has 1 aliphatic heterocycles. The van der Waals surface area contributed by atoms with Crippen LogP contribution in [-0.4, -0.2) is 16.2 Å². The molecule has 2 aromatic heterocycles. The number of para-hydroxylation sites is 1. The van der Waals surface area contributed by atoms with Crippen LogP contribution in [0.25, 0.3) is 27.6 Å². The second-order valence-corrected chi connectivity index (χ2v) is 18.4. The second-order valence-electron chi connectivity index (χ2n) is 18.4. The largest absolute Gasteiger partial charge is 0.457 e.